The highest BCUT2D eigenvalue weighted by Crippen LogP contribution is 2.29. The number of aromatic nitrogens is 3. The minimum Gasteiger partial charge on any atom is -0.406 e. The maximum atomic E-state index is 13.0. The molecule has 0 aliphatic rings. The van der Waals surface area contributed by atoms with Gasteiger partial charge in [-0.15, -0.1) is 13.2 Å². The molecule has 40 heavy (non-hydrogen) atoms. The molecule has 2 aromatic carbocycles. The van der Waals surface area contributed by atoms with E-state index in [-0.39, 0.29) is 45.0 Å². The van der Waals surface area contributed by atoms with E-state index in [9.17, 15) is 34.8 Å². The summed E-state index contributed by atoms with van der Waals surface area (Å²) in [7, 11) is -4.05. The van der Waals surface area contributed by atoms with E-state index in [4.69, 9.17) is 16.7 Å². The normalized spacial score (nSPS) is 12.4. The van der Waals surface area contributed by atoms with Gasteiger partial charge in [0.15, 0.2) is 5.82 Å². The zero-order valence-corrected chi connectivity index (χ0v) is 21.4. The van der Waals surface area contributed by atoms with Gasteiger partial charge in [-0.05, 0) is 60.2 Å². The second kappa shape index (κ2) is 10.9. The molecule has 17 heteroatoms. The smallest absolute Gasteiger partial charge is 0.406 e. The molecule has 2 aromatic heterocycles. The minimum absolute atomic E-state index is 0.0396. The lowest BCUT2D eigenvalue weighted by Crippen LogP contribution is -2.22. The Balaban J connectivity index is 1.66. The highest BCUT2D eigenvalue weighted by Gasteiger charge is 2.31. The van der Waals surface area contributed by atoms with E-state index in [1.165, 1.54) is 36.4 Å². The van der Waals surface area contributed by atoms with Crippen LogP contribution in [0.4, 0.5) is 38.1 Å². The van der Waals surface area contributed by atoms with Gasteiger partial charge in [-0.3, -0.25) is 0 Å². The summed E-state index contributed by atoms with van der Waals surface area (Å²) in [5.74, 6) is -0.850. The van der Waals surface area contributed by atoms with Crippen LogP contribution < -0.4 is 20.5 Å². The van der Waals surface area contributed by atoms with Gasteiger partial charge in [-0.1, -0.05) is 11.6 Å². The van der Waals surface area contributed by atoms with Crippen LogP contribution in [-0.2, 0) is 16.6 Å². The largest absolute Gasteiger partial charge is 0.573 e. The number of hydrogen-bond acceptors (Lipinski definition) is 8. The summed E-state index contributed by atoms with van der Waals surface area (Å²) in [5, 5.41) is 10.2. The number of ether oxygens (including phenoxy) is 1. The lowest BCUT2D eigenvalue weighted by Gasteiger charge is -2.14. The number of anilines is 2. The van der Waals surface area contributed by atoms with Crippen molar-refractivity contribution in [3.63, 3.8) is 0 Å². The Labute approximate surface area is 227 Å². The Morgan fingerprint density at radius 3 is 2.23 bits per heavy atom. The summed E-state index contributed by atoms with van der Waals surface area (Å²) in [4.78, 5) is 12.4. The van der Waals surface area contributed by atoms with Gasteiger partial charge in [0.1, 0.15) is 17.8 Å². The first kappa shape index (κ1) is 29.1. The van der Waals surface area contributed by atoms with Gasteiger partial charge in [-0.2, -0.15) is 18.2 Å². The number of halogens is 7. The standard InChI is InChI=1S/C23H17ClF6N6O3S/c24-14-7-12(8-16(9-14)40(31,37)38)10-32-21-35-18-6-5-17(13-1-3-15(4-2-13)39-23(28,29)30)34-19(18)20(36-21)33-11-22(25,26)27/h1-9H,10-11H2,(H2,31,37,38)(H2,32,33,35,36). The van der Waals surface area contributed by atoms with Gasteiger partial charge in [0.05, 0.1) is 16.1 Å². The van der Waals surface area contributed by atoms with E-state index in [0.717, 1.165) is 18.2 Å². The maximum Gasteiger partial charge on any atom is 0.573 e. The van der Waals surface area contributed by atoms with Gasteiger partial charge in [0.2, 0.25) is 16.0 Å². The van der Waals surface area contributed by atoms with Crippen LogP contribution in [0.2, 0.25) is 5.02 Å². The topological polar surface area (TPSA) is 132 Å². The first-order chi connectivity index (χ1) is 18.6. The summed E-state index contributed by atoms with van der Waals surface area (Å²) < 4.78 is 103. The molecule has 4 N–H and O–H groups in total. The molecular formula is C23H17ClF6N6O3S. The van der Waals surface area contributed by atoms with Crippen LogP contribution in [0.5, 0.6) is 5.75 Å². The SMILES string of the molecule is NS(=O)(=O)c1cc(Cl)cc(CNc2nc(NCC(F)(F)F)c3nc(-c4ccc(OC(F)(F)F)cc4)ccc3n2)c1. The average molecular weight is 607 g/mol. The summed E-state index contributed by atoms with van der Waals surface area (Å²) in [6, 6.07) is 11.5. The molecule has 0 aliphatic heterocycles. The summed E-state index contributed by atoms with van der Waals surface area (Å²) in [6.07, 6.45) is -9.47. The average Bonchev–Trinajstić information content (AvgIpc) is 2.84. The number of rotatable bonds is 8. The predicted molar refractivity (Wildman–Crippen MR) is 134 cm³/mol. The molecule has 0 fully saturated rings. The van der Waals surface area contributed by atoms with Crippen molar-refractivity contribution >= 4 is 44.4 Å². The van der Waals surface area contributed by atoms with Crippen molar-refractivity contribution in [3.05, 3.63) is 65.2 Å². The Morgan fingerprint density at radius 1 is 0.900 bits per heavy atom. The maximum absolute atomic E-state index is 13.0. The second-order valence-corrected chi connectivity index (χ2v) is 10.2. The molecule has 0 amide bonds. The number of primary sulfonamides is 1. The fourth-order valence-electron chi connectivity index (χ4n) is 3.46. The molecule has 0 radical (unpaired) electrons. The zero-order valence-electron chi connectivity index (χ0n) is 19.8. The fraction of sp³-hybridized carbons (Fsp3) is 0.174. The monoisotopic (exact) mass is 606 g/mol. The third-order valence-corrected chi connectivity index (χ3v) is 6.20. The van der Waals surface area contributed by atoms with Crippen LogP contribution >= 0.6 is 11.6 Å². The van der Waals surface area contributed by atoms with Gasteiger partial charge in [0.25, 0.3) is 0 Å². The second-order valence-electron chi connectivity index (χ2n) is 8.19. The molecule has 0 spiro atoms. The third-order valence-electron chi connectivity index (χ3n) is 5.09. The number of pyridine rings is 1. The van der Waals surface area contributed by atoms with Crippen molar-refractivity contribution in [2.24, 2.45) is 5.14 Å². The first-order valence-corrected chi connectivity index (χ1v) is 12.9. The molecule has 4 aromatic rings. The Morgan fingerprint density at radius 2 is 1.60 bits per heavy atom. The number of nitrogens with zero attached hydrogens (tertiary/aromatic N) is 3. The number of nitrogens with two attached hydrogens (primary N) is 1. The molecule has 9 nitrogen and oxygen atoms in total. The summed E-state index contributed by atoms with van der Waals surface area (Å²) in [6.45, 7) is -1.51. The first-order valence-electron chi connectivity index (χ1n) is 11.0. The molecule has 0 saturated carbocycles. The molecule has 0 unspecified atom stereocenters. The summed E-state index contributed by atoms with van der Waals surface area (Å²) in [5.41, 5.74) is 1.05. The quantitative estimate of drug-likeness (QED) is 0.225. The van der Waals surface area contributed by atoms with E-state index in [1.54, 1.807) is 0 Å². The fourth-order valence-corrected chi connectivity index (χ4v) is 4.39. The Hall–Kier alpha value is -3.89. The van der Waals surface area contributed by atoms with Gasteiger partial charge in [0, 0.05) is 17.1 Å². The van der Waals surface area contributed by atoms with Crippen LogP contribution in [0.15, 0.2) is 59.5 Å². The van der Waals surface area contributed by atoms with E-state index in [1.807, 2.05) is 0 Å². The van der Waals surface area contributed by atoms with Crippen molar-refractivity contribution in [2.75, 3.05) is 17.2 Å². The summed E-state index contributed by atoms with van der Waals surface area (Å²) >= 11 is 5.97. The number of fused-ring (bicyclic) bond motifs is 1. The van der Waals surface area contributed by atoms with Crippen molar-refractivity contribution in [3.8, 4) is 17.0 Å². The third kappa shape index (κ3) is 7.83. The van der Waals surface area contributed by atoms with Gasteiger partial charge >= 0.3 is 12.5 Å². The molecule has 0 bridgehead atoms. The number of sulfonamides is 1. The Bertz CT molecular complexity index is 1650. The van der Waals surface area contributed by atoms with Crippen LogP contribution in [0.25, 0.3) is 22.3 Å². The minimum atomic E-state index is -4.87. The van der Waals surface area contributed by atoms with Crippen molar-refractivity contribution in [1.29, 1.82) is 0 Å². The molecular weight excluding hydrogens is 590 g/mol. The lowest BCUT2D eigenvalue weighted by atomic mass is 10.1. The van der Waals surface area contributed by atoms with Crippen molar-refractivity contribution in [1.82, 2.24) is 15.0 Å². The van der Waals surface area contributed by atoms with Crippen LogP contribution in [-0.4, -0.2) is 42.5 Å². The van der Waals surface area contributed by atoms with Gasteiger partial charge < -0.3 is 15.4 Å². The van der Waals surface area contributed by atoms with E-state index in [0.29, 0.717) is 11.1 Å². The Kier molecular flexibility index (Phi) is 7.96. The molecule has 212 valence electrons. The number of nitrogens with one attached hydrogen (secondary N) is 2. The number of hydrogen-bond donors (Lipinski definition) is 3. The molecule has 0 aliphatic carbocycles. The molecule has 2 heterocycles. The van der Waals surface area contributed by atoms with Crippen molar-refractivity contribution in [2.45, 2.75) is 24.0 Å². The van der Waals surface area contributed by atoms with Crippen LogP contribution in [0.3, 0.4) is 0 Å². The van der Waals surface area contributed by atoms with E-state index in [2.05, 4.69) is 30.3 Å². The zero-order chi connectivity index (χ0) is 29.3. The van der Waals surface area contributed by atoms with E-state index >= 15 is 0 Å². The number of benzene rings is 2. The number of alkyl halides is 6. The van der Waals surface area contributed by atoms with Crippen LogP contribution in [0.1, 0.15) is 5.56 Å². The highest BCUT2D eigenvalue weighted by molar-refractivity contribution is 7.89. The van der Waals surface area contributed by atoms with E-state index < -0.39 is 34.9 Å². The lowest BCUT2D eigenvalue weighted by molar-refractivity contribution is -0.274. The molecule has 4 rings (SSSR count). The molecule has 0 atom stereocenters. The van der Waals surface area contributed by atoms with Gasteiger partial charge in [-0.25, -0.2) is 23.5 Å². The predicted octanol–water partition coefficient (Wildman–Crippen LogP) is 5.48. The van der Waals surface area contributed by atoms with Crippen molar-refractivity contribution < 1.29 is 39.5 Å². The highest BCUT2D eigenvalue weighted by atomic mass is 35.5. The molecule has 0 saturated heterocycles. The van der Waals surface area contributed by atoms with Crippen LogP contribution in [0, 0.1) is 0 Å².